The van der Waals surface area contributed by atoms with Crippen LogP contribution in [-0.2, 0) is 0 Å². The molecule has 2 N–H and O–H groups in total. The van der Waals surface area contributed by atoms with Gasteiger partial charge in [0.15, 0.2) is 0 Å². The number of benzene rings is 1. The zero-order valence-corrected chi connectivity index (χ0v) is 12.0. The topological polar surface area (TPSA) is 121 Å². The molecule has 8 nitrogen and oxygen atoms in total. The van der Waals surface area contributed by atoms with Crippen LogP contribution >= 0.6 is 22.6 Å². The summed E-state index contributed by atoms with van der Waals surface area (Å²) < 4.78 is 5.98. The van der Waals surface area contributed by atoms with E-state index in [2.05, 4.69) is 9.97 Å². The van der Waals surface area contributed by atoms with Crippen molar-refractivity contribution in [3.05, 3.63) is 50.0 Å². The highest BCUT2D eigenvalue weighted by Crippen LogP contribution is 2.32. The smallest absolute Gasteiger partial charge is 0.312 e. The third kappa shape index (κ3) is 2.99. The van der Waals surface area contributed by atoms with Gasteiger partial charge in [-0.25, -0.2) is 9.97 Å². The van der Waals surface area contributed by atoms with Crippen molar-refractivity contribution in [2.45, 2.75) is 0 Å². The Morgan fingerprint density at radius 2 is 2.20 bits per heavy atom. The first-order valence-corrected chi connectivity index (χ1v) is 6.28. The fourth-order valence-electron chi connectivity index (χ4n) is 1.38. The van der Waals surface area contributed by atoms with Crippen LogP contribution in [0.4, 0.5) is 5.69 Å². The van der Waals surface area contributed by atoms with E-state index in [1.165, 1.54) is 24.7 Å². The molecule has 0 aliphatic carbocycles. The van der Waals surface area contributed by atoms with Crippen molar-refractivity contribution in [3.8, 4) is 11.6 Å². The highest BCUT2D eigenvalue weighted by Gasteiger charge is 2.19. The Kier molecular flexibility index (Phi) is 4.08. The third-order valence-electron chi connectivity index (χ3n) is 2.28. The number of nitro groups is 1. The van der Waals surface area contributed by atoms with Gasteiger partial charge in [0.05, 0.1) is 8.49 Å². The minimum absolute atomic E-state index is 0.0291. The Morgan fingerprint density at radius 1 is 1.45 bits per heavy atom. The van der Waals surface area contributed by atoms with E-state index >= 15 is 0 Å². The summed E-state index contributed by atoms with van der Waals surface area (Å²) in [5.74, 6) is -0.594. The molecule has 1 amide bonds. The van der Waals surface area contributed by atoms with Gasteiger partial charge < -0.3 is 10.5 Å². The van der Waals surface area contributed by atoms with Gasteiger partial charge in [-0.05, 0) is 34.7 Å². The molecular weight excluding hydrogens is 379 g/mol. The van der Waals surface area contributed by atoms with Crippen LogP contribution in [-0.4, -0.2) is 20.8 Å². The first-order chi connectivity index (χ1) is 9.49. The van der Waals surface area contributed by atoms with E-state index in [1.54, 1.807) is 0 Å². The number of amides is 1. The van der Waals surface area contributed by atoms with Crippen molar-refractivity contribution >= 4 is 34.2 Å². The molecule has 0 spiro atoms. The summed E-state index contributed by atoms with van der Waals surface area (Å²) >= 11 is 1.94. The summed E-state index contributed by atoms with van der Waals surface area (Å²) in [5.41, 5.74) is 4.75. The second kappa shape index (κ2) is 5.77. The number of hydrogen-bond donors (Lipinski definition) is 1. The van der Waals surface area contributed by atoms with Gasteiger partial charge in [0.25, 0.3) is 0 Å². The van der Waals surface area contributed by atoms with Crippen LogP contribution in [0.5, 0.6) is 11.6 Å². The van der Waals surface area contributed by atoms with Gasteiger partial charge in [0, 0.05) is 17.8 Å². The van der Waals surface area contributed by atoms with E-state index in [9.17, 15) is 14.9 Å². The summed E-state index contributed by atoms with van der Waals surface area (Å²) in [7, 11) is 0. The van der Waals surface area contributed by atoms with Gasteiger partial charge >= 0.3 is 5.69 Å². The van der Waals surface area contributed by atoms with Crippen molar-refractivity contribution in [3.63, 3.8) is 0 Å². The fourth-order valence-corrected chi connectivity index (χ4v) is 1.79. The highest BCUT2D eigenvalue weighted by atomic mass is 127. The maximum absolute atomic E-state index is 11.0. The third-order valence-corrected chi connectivity index (χ3v) is 3.02. The van der Waals surface area contributed by atoms with Gasteiger partial charge in [-0.3, -0.25) is 14.9 Å². The number of nitro benzene ring substituents is 1. The van der Waals surface area contributed by atoms with Crippen molar-refractivity contribution in [2.24, 2.45) is 5.73 Å². The number of carbonyl (C=O) groups is 1. The molecule has 0 saturated heterocycles. The van der Waals surface area contributed by atoms with Gasteiger partial charge in [-0.1, -0.05) is 0 Å². The summed E-state index contributed by atoms with van der Waals surface area (Å²) in [6.07, 6.45) is 2.77. The molecule has 0 bridgehead atoms. The molecule has 0 radical (unpaired) electrons. The Balaban J connectivity index is 2.44. The number of aromatic nitrogens is 2. The lowest BCUT2D eigenvalue weighted by Gasteiger charge is -2.07. The van der Waals surface area contributed by atoms with Gasteiger partial charge in [-0.2, -0.15) is 0 Å². The summed E-state index contributed by atoms with van der Waals surface area (Å²) in [6.45, 7) is 0. The van der Waals surface area contributed by atoms with Gasteiger partial charge in [0.2, 0.25) is 17.5 Å². The van der Waals surface area contributed by atoms with E-state index in [1.807, 2.05) is 22.6 Å². The molecule has 0 unspecified atom stereocenters. The van der Waals surface area contributed by atoms with Gasteiger partial charge in [-0.15, -0.1) is 0 Å². The molecular formula is C11H7IN4O4. The number of rotatable bonds is 4. The van der Waals surface area contributed by atoms with Crippen LogP contribution in [0.25, 0.3) is 0 Å². The molecule has 2 aromatic rings. The lowest BCUT2D eigenvalue weighted by Crippen LogP contribution is -2.11. The lowest BCUT2D eigenvalue weighted by molar-refractivity contribution is -0.385. The lowest BCUT2D eigenvalue weighted by atomic mass is 10.2. The van der Waals surface area contributed by atoms with E-state index in [0.717, 1.165) is 6.07 Å². The average Bonchev–Trinajstić information content (AvgIpc) is 2.41. The van der Waals surface area contributed by atoms with E-state index < -0.39 is 10.8 Å². The van der Waals surface area contributed by atoms with Gasteiger partial charge in [0.1, 0.15) is 6.33 Å². The molecule has 102 valence electrons. The molecule has 0 saturated carbocycles. The summed E-state index contributed by atoms with van der Waals surface area (Å²) in [5, 5.41) is 11.0. The van der Waals surface area contributed by atoms with Crippen molar-refractivity contribution < 1.29 is 14.5 Å². The Morgan fingerprint density at radius 3 is 2.80 bits per heavy atom. The van der Waals surface area contributed by atoms with E-state index in [4.69, 9.17) is 10.5 Å². The number of ether oxygens (including phenoxy) is 1. The normalized spacial score (nSPS) is 10.1. The monoisotopic (exact) mass is 386 g/mol. The minimum atomic E-state index is -0.753. The molecule has 1 aromatic heterocycles. The molecule has 0 fully saturated rings. The van der Waals surface area contributed by atoms with Crippen LogP contribution in [0.2, 0.25) is 0 Å². The molecule has 20 heavy (non-hydrogen) atoms. The standard InChI is InChI=1S/C11H7IN4O4/c12-7-4-14-5-15-11(7)20-9-2-1-6(10(13)17)3-8(9)16(18)19/h1-5H,(H2,13,17). The second-order valence-corrected chi connectivity index (χ2v) is 4.74. The predicted molar refractivity (Wildman–Crippen MR) is 76.4 cm³/mol. The fraction of sp³-hybridized carbons (Fsp3) is 0. The zero-order valence-electron chi connectivity index (χ0n) is 9.82. The molecule has 2 rings (SSSR count). The predicted octanol–water partition coefficient (Wildman–Crippen LogP) is 1.88. The van der Waals surface area contributed by atoms with E-state index in [0.29, 0.717) is 3.57 Å². The van der Waals surface area contributed by atoms with Crippen LogP contribution in [0.1, 0.15) is 10.4 Å². The Labute approximate surface area is 126 Å². The first kappa shape index (κ1) is 14.1. The summed E-state index contributed by atoms with van der Waals surface area (Å²) in [6, 6.07) is 3.71. The first-order valence-electron chi connectivity index (χ1n) is 5.20. The van der Waals surface area contributed by atoms with Crippen LogP contribution < -0.4 is 10.5 Å². The zero-order chi connectivity index (χ0) is 14.7. The molecule has 0 atom stereocenters. The second-order valence-electron chi connectivity index (χ2n) is 3.58. The number of primary amides is 1. The minimum Gasteiger partial charge on any atom is -0.431 e. The molecule has 0 aliphatic heterocycles. The van der Waals surface area contributed by atoms with Crippen molar-refractivity contribution in [1.29, 1.82) is 0 Å². The summed E-state index contributed by atoms with van der Waals surface area (Å²) in [4.78, 5) is 29.1. The van der Waals surface area contributed by atoms with Crippen molar-refractivity contribution in [1.82, 2.24) is 9.97 Å². The largest absolute Gasteiger partial charge is 0.431 e. The van der Waals surface area contributed by atoms with E-state index in [-0.39, 0.29) is 22.9 Å². The highest BCUT2D eigenvalue weighted by molar-refractivity contribution is 14.1. The molecule has 1 heterocycles. The van der Waals surface area contributed by atoms with Crippen molar-refractivity contribution in [2.75, 3.05) is 0 Å². The van der Waals surface area contributed by atoms with Crippen LogP contribution in [0, 0.1) is 13.7 Å². The number of carbonyl (C=O) groups excluding carboxylic acids is 1. The quantitative estimate of drug-likeness (QED) is 0.487. The van der Waals surface area contributed by atoms with Crippen LogP contribution in [0.3, 0.4) is 0 Å². The molecule has 9 heteroatoms. The number of nitrogens with two attached hydrogens (primary N) is 1. The Bertz CT molecular complexity index is 692. The average molecular weight is 386 g/mol. The molecule has 0 aliphatic rings. The number of nitrogens with zero attached hydrogens (tertiary/aromatic N) is 3. The maximum Gasteiger partial charge on any atom is 0.312 e. The SMILES string of the molecule is NC(=O)c1ccc(Oc2ncncc2I)c([N+](=O)[O-])c1. The molecule has 1 aromatic carbocycles. The number of halogens is 1. The number of hydrogen-bond acceptors (Lipinski definition) is 6. The van der Waals surface area contributed by atoms with Crippen LogP contribution in [0.15, 0.2) is 30.7 Å². The Hall–Kier alpha value is -2.30. The maximum atomic E-state index is 11.0.